The molecule has 0 saturated carbocycles. The van der Waals surface area contributed by atoms with E-state index in [4.69, 9.17) is 5.11 Å². The number of aromatic nitrogens is 2. The van der Waals surface area contributed by atoms with E-state index in [1.54, 1.807) is 6.92 Å². The molecule has 1 aromatic rings. The van der Waals surface area contributed by atoms with Crippen molar-refractivity contribution in [3.8, 4) is 0 Å². The lowest BCUT2D eigenvalue weighted by Gasteiger charge is -2.24. The van der Waals surface area contributed by atoms with Crippen LogP contribution < -0.4 is 4.90 Å². The number of hydrogen-bond donors (Lipinski definition) is 1. The molecule has 0 aliphatic carbocycles. The molecule has 1 N–H and O–H groups in total. The quantitative estimate of drug-likeness (QED) is 0.822. The summed E-state index contributed by atoms with van der Waals surface area (Å²) in [5.74, 6) is -1.31. The monoisotopic (exact) mass is 267 g/mol. The standard InChI is InChI=1S/C10H13F4N3O/c1-2-7-8(11)9(16-6-15-7)17(3-4-18)5-10(12,13)14/h6,18H,2-5H2,1H3. The second kappa shape index (κ2) is 5.94. The van der Waals surface area contributed by atoms with Gasteiger partial charge in [0.1, 0.15) is 12.9 Å². The number of aliphatic hydroxyl groups is 1. The lowest BCUT2D eigenvalue weighted by molar-refractivity contribution is -0.120. The number of alkyl halides is 3. The maximum Gasteiger partial charge on any atom is 0.405 e. The Labute approximate surface area is 101 Å². The minimum atomic E-state index is -4.50. The Balaban J connectivity index is 3.05. The van der Waals surface area contributed by atoms with Crippen molar-refractivity contribution < 1.29 is 22.7 Å². The Morgan fingerprint density at radius 2 is 2.00 bits per heavy atom. The van der Waals surface area contributed by atoms with Crippen molar-refractivity contribution in [3.63, 3.8) is 0 Å². The van der Waals surface area contributed by atoms with Gasteiger partial charge < -0.3 is 10.0 Å². The molecule has 18 heavy (non-hydrogen) atoms. The fraction of sp³-hybridized carbons (Fsp3) is 0.600. The molecule has 0 fully saturated rings. The van der Waals surface area contributed by atoms with E-state index >= 15 is 0 Å². The summed E-state index contributed by atoms with van der Waals surface area (Å²) >= 11 is 0. The highest BCUT2D eigenvalue weighted by Gasteiger charge is 2.32. The predicted octanol–water partition coefficient (Wildman–Crippen LogP) is 1.54. The van der Waals surface area contributed by atoms with Crippen molar-refractivity contribution in [3.05, 3.63) is 17.8 Å². The predicted molar refractivity (Wildman–Crippen MR) is 56.7 cm³/mol. The van der Waals surface area contributed by atoms with Gasteiger partial charge in [0.2, 0.25) is 0 Å². The Hall–Kier alpha value is -1.44. The third-order valence-corrected chi connectivity index (χ3v) is 2.22. The molecule has 102 valence electrons. The van der Waals surface area contributed by atoms with Crippen LogP contribution in [-0.4, -0.2) is 40.9 Å². The SMILES string of the molecule is CCc1ncnc(N(CCO)CC(F)(F)F)c1F. The van der Waals surface area contributed by atoms with Crippen LogP contribution in [0.3, 0.4) is 0 Å². The molecule has 0 aliphatic rings. The highest BCUT2D eigenvalue weighted by Crippen LogP contribution is 2.23. The molecular formula is C10H13F4N3O. The number of aryl methyl sites for hydroxylation is 1. The summed E-state index contributed by atoms with van der Waals surface area (Å²) in [5, 5.41) is 8.74. The van der Waals surface area contributed by atoms with E-state index in [2.05, 4.69) is 9.97 Å². The van der Waals surface area contributed by atoms with Gasteiger partial charge in [0, 0.05) is 6.54 Å². The third kappa shape index (κ3) is 3.80. The average Bonchev–Trinajstić information content (AvgIpc) is 2.27. The molecule has 0 spiro atoms. The summed E-state index contributed by atoms with van der Waals surface area (Å²) in [6, 6.07) is 0. The highest BCUT2D eigenvalue weighted by molar-refractivity contribution is 5.41. The van der Waals surface area contributed by atoms with E-state index in [1.807, 2.05) is 0 Å². The Bertz CT molecular complexity index is 397. The van der Waals surface area contributed by atoms with Crippen LogP contribution in [0.1, 0.15) is 12.6 Å². The van der Waals surface area contributed by atoms with Gasteiger partial charge in [0.25, 0.3) is 0 Å². The lowest BCUT2D eigenvalue weighted by Crippen LogP contribution is -2.37. The van der Waals surface area contributed by atoms with Gasteiger partial charge in [0.15, 0.2) is 11.6 Å². The van der Waals surface area contributed by atoms with Gasteiger partial charge in [-0.05, 0) is 6.42 Å². The summed E-state index contributed by atoms with van der Waals surface area (Å²) in [6.45, 7) is -0.614. The van der Waals surface area contributed by atoms with Crippen LogP contribution in [-0.2, 0) is 6.42 Å². The molecule has 4 nitrogen and oxygen atoms in total. The van der Waals surface area contributed by atoms with E-state index in [0.29, 0.717) is 4.90 Å². The summed E-state index contributed by atoms with van der Waals surface area (Å²) in [4.78, 5) is 7.81. The molecular weight excluding hydrogens is 254 g/mol. The van der Waals surface area contributed by atoms with Gasteiger partial charge in [-0.3, -0.25) is 0 Å². The van der Waals surface area contributed by atoms with E-state index in [9.17, 15) is 17.6 Å². The van der Waals surface area contributed by atoms with Crippen molar-refractivity contribution >= 4 is 5.82 Å². The summed E-state index contributed by atoms with van der Waals surface area (Å²) in [7, 11) is 0. The molecule has 8 heteroatoms. The molecule has 0 aromatic carbocycles. The Morgan fingerprint density at radius 1 is 1.33 bits per heavy atom. The third-order valence-electron chi connectivity index (χ3n) is 2.22. The Kier molecular flexibility index (Phi) is 4.83. The van der Waals surface area contributed by atoms with Gasteiger partial charge in [-0.2, -0.15) is 13.2 Å². The van der Waals surface area contributed by atoms with Gasteiger partial charge in [-0.1, -0.05) is 6.92 Å². The first-order valence-corrected chi connectivity index (χ1v) is 5.31. The fourth-order valence-corrected chi connectivity index (χ4v) is 1.46. The van der Waals surface area contributed by atoms with E-state index in [1.165, 1.54) is 0 Å². The summed E-state index contributed by atoms with van der Waals surface area (Å²) in [5.41, 5.74) is 0.0464. The largest absolute Gasteiger partial charge is 0.405 e. The zero-order valence-electron chi connectivity index (χ0n) is 9.71. The molecule has 1 heterocycles. The van der Waals surface area contributed by atoms with Gasteiger partial charge in [-0.15, -0.1) is 0 Å². The van der Waals surface area contributed by atoms with Crippen LogP contribution in [0.5, 0.6) is 0 Å². The van der Waals surface area contributed by atoms with Crippen LogP contribution >= 0.6 is 0 Å². The second-order valence-electron chi connectivity index (χ2n) is 3.57. The first-order chi connectivity index (χ1) is 8.39. The van der Waals surface area contributed by atoms with Gasteiger partial charge in [0.05, 0.1) is 12.3 Å². The van der Waals surface area contributed by atoms with Crippen LogP contribution in [0.15, 0.2) is 6.33 Å². The number of aliphatic hydroxyl groups excluding tert-OH is 1. The first-order valence-electron chi connectivity index (χ1n) is 5.31. The van der Waals surface area contributed by atoms with Gasteiger partial charge in [-0.25, -0.2) is 14.4 Å². The van der Waals surface area contributed by atoms with Crippen LogP contribution in [0, 0.1) is 5.82 Å². The van der Waals surface area contributed by atoms with Crippen molar-refractivity contribution in [2.75, 3.05) is 24.6 Å². The second-order valence-corrected chi connectivity index (χ2v) is 3.57. The molecule has 0 radical (unpaired) electrons. The number of anilines is 1. The number of rotatable bonds is 5. The van der Waals surface area contributed by atoms with Crippen LogP contribution in [0.2, 0.25) is 0 Å². The zero-order valence-corrected chi connectivity index (χ0v) is 9.71. The van der Waals surface area contributed by atoms with Crippen LogP contribution in [0.4, 0.5) is 23.4 Å². The molecule has 0 bridgehead atoms. The van der Waals surface area contributed by atoms with Gasteiger partial charge >= 0.3 is 6.18 Å². The maximum atomic E-state index is 13.8. The highest BCUT2D eigenvalue weighted by atomic mass is 19.4. The zero-order chi connectivity index (χ0) is 13.8. The van der Waals surface area contributed by atoms with E-state index < -0.39 is 31.0 Å². The fourth-order valence-electron chi connectivity index (χ4n) is 1.46. The molecule has 0 aliphatic heterocycles. The smallest absolute Gasteiger partial charge is 0.395 e. The molecule has 0 saturated heterocycles. The molecule has 0 amide bonds. The number of hydrogen-bond acceptors (Lipinski definition) is 4. The number of halogens is 4. The normalized spacial score (nSPS) is 11.7. The average molecular weight is 267 g/mol. The van der Waals surface area contributed by atoms with E-state index in [0.717, 1.165) is 6.33 Å². The minimum absolute atomic E-state index is 0.0464. The van der Waals surface area contributed by atoms with Crippen molar-refractivity contribution in [2.24, 2.45) is 0 Å². The lowest BCUT2D eigenvalue weighted by atomic mass is 10.3. The molecule has 0 unspecified atom stereocenters. The minimum Gasteiger partial charge on any atom is -0.395 e. The van der Waals surface area contributed by atoms with E-state index in [-0.39, 0.29) is 18.7 Å². The maximum absolute atomic E-state index is 13.8. The molecule has 1 rings (SSSR count). The van der Waals surface area contributed by atoms with Crippen molar-refractivity contribution in [1.82, 2.24) is 9.97 Å². The Morgan fingerprint density at radius 3 is 2.50 bits per heavy atom. The van der Waals surface area contributed by atoms with Crippen LogP contribution in [0.25, 0.3) is 0 Å². The molecule has 1 aromatic heterocycles. The van der Waals surface area contributed by atoms with Crippen molar-refractivity contribution in [2.45, 2.75) is 19.5 Å². The molecule has 0 atom stereocenters. The number of nitrogens with zero attached hydrogens (tertiary/aromatic N) is 3. The van der Waals surface area contributed by atoms with Crippen molar-refractivity contribution in [1.29, 1.82) is 0 Å². The topological polar surface area (TPSA) is 49.2 Å². The summed E-state index contributed by atoms with van der Waals surface area (Å²) < 4.78 is 50.8. The first kappa shape index (κ1) is 14.6. The summed E-state index contributed by atoms with van der Waals surface area (Å²) in [6.07, 6.45) is -3.24.